The predicted molar refractivity (Wildman–Crippen MR) is 73.1 cm³/mol. The maximum atomic E-state index is 12.1. The molecule has 0 saturated carbocycles. The SMILES string of the molecule is COC(=O)[C@@H]1[C@@H](OS(C)(=O)=O)CCN1C(=O)OC(C)(C)C. The molecule has 0 unspecified atom stereocenters. The third-order valence-corrected chi connectivity index (χ3v) is 3.31. The molecule has 0 bridgehead atoms. The minimum atomic E-state index is -3.75. The molecule has 1 amide bonds. The van der Waals surface area contributed by atoms with Gasteiger partial charge in [-0.2, -0.15) is 8.42 Å². The number of hydrogen-bond donors (Lipinski definition) is 0. The minimum absolute atomic E-state index is 0.148. The summed E-state index contributed by atoms with van der Waals surface area (Å²) in [6.45, 7) is 5.23. The largest absolute Gasteiger partial charge is 0.467 e. The van der Waals surface area contributed by atoms with Gasteiger partial charge in [0.05, 0.1) is 13.4 Å². The van der Waals surface area contributed by atoms with Crippen LogP contribution in [-0.4, -0.2) is 63.0 Å². The van der Waals surface area contributed by atoms with Crippen molar-refractivity contribution >= 4 is 22.2 Å². The number of hydrogen-bond acceptors (Lipinski definition) is 7. The lowest BCUT2D eigenvalue weighted by Gasteiger charge is -2.28. The number of carbonyl (C=O) groups is 2. The van der Waals surface area contributed by atoms with Crippen molar-refractivity contribution in [2.45, 2.75) is 44.9 Å². The van der Waals surface area contributed by atoms with E-state index in [1.54, 1.807) is 20.8 Å². The molecule has 0 spiro atoms. The van der Waals surface area contributed by atoms with Crippen molar-refractivity contribution in [3.05, 3.63) is 0 Å². The fourth-order valence-electron chi connectivity index (χ4n) is 2.01. The lowest BCUT2D eigenvalue weighted by Crippen LogP contribution is -2.48. The fraction of sp³-hybridized carbons (Fsp3) is 0.833. The third-order valence-electron chi connectivity index (χ3n) is 2.71. The number of methoxy groups -OCH3 is 1. The summed E-state index contributed by atoms with van der Waals surface area (Å²) in [6, 6.07) is -1.14. The van der Waals surface area contributed by atoms with Crippen LogP contribution in [0.4, 0.5) is 4.79 Å². The smallest absolute Gasteiger partial charge is 0.411 e. The number of amides is 1. The Morgan fingerprint density at radius 1 is 1.24 bits per heavy atom. The van der Waals surface area contributed by atoms with Crippen LogP contribution in [0.15, 0.2) is 0 Å². The lowest BCUT2D eigenvalue weighted by molar-refractivity contribution is -0.147. The highest BCUT2D eigenvalue weighted by molar-refractivity contribution is 7.86. The van der Waals surface area contributed by atoms with Crippen LogP contribution in [0.5, 0.6) is 0 Å². The lowest BCUT2D eigenvalue weighted by atomic mass is 10.2. The number of ether oxygens (including phenoxy) is 2. The molecule has 0 aromatic rings. The van der Waals surface area contributed by atoms with Gasteiger partial charge in [0.25, 0.3) is 10.1 Å². The number of nitrogens with zero attached hydrogens (tertiary/aromatic N) is 1. The summed E-state index contributed by atoms with van der Waals surface area (Å²) in [4.78, 5) is 25.1. The predicted octanol–water partition coefficient (Wildman–Crippen LogP) is 0.514. The summed E-state index contributed by atoms with van der Waals surface area (Å²) in [5.74, 6) is -0.744. The molecular weight excluding hydrogens is 302 g/mol. The molecule has 0 radical (unpaired) electrons. The van der Waals surface area contributed by atoms with Crippen LogP contribution in [0.3, 0.4) is 0 Å². The number of likely N-dealkylation sites (tertiary alicyclic amines) is 1. The fourth-order valence-corrected chi connectivity index (χ4v) is 2.66. The van der Waals surface area contributed by atoms with Crippen LogP contribution >= 0.6 is 0 Å². The first kappa shape index (κ1) is 17.7. The van der Waals surface area contributed by atoms with Crippen LogP contribution in [0.25, 0.3) is 0 Å². The zero-order valence-electron chi connectivity index (χ0n) is 12.8. The van der Waals surface area contributed by atoms with Crippen molar-refractivity contribution in [3.8, 4) is 0 Å². The van der Waals surface area contributed by atoms with Gasteiger partial charge in [0.1, 0.15) is 11.7 Å². The van der Waals surface area contributed by atoms with E-state index < -0.39 is 39.9 Å². The van der Waals surface area contributed by atoms with E-state index >= 15 is 0 Å². The molecule has 1 rings (SSSR count). The molecule has 1 saturated heterocycles. The molecule has 2 atom stereocenters. The number of esters is 1. The summed E-state index contributed by atoms with van der Waals surface area (Å²) < 4.78 is 37.2. The Hall–Kier alpha value is -1.35. The Morgan fingerprint density at radius 3 is 2.24 bits per heavy atom. The van der Waals surface area contributed by atoms with Crippen molar-refractivity contribution in [2.75, 3.05) is 19.9 Å². The maximum absolute atomic E-state index is 12.1. The van der Waals surface area contributed by atoms with Crippen molar-refractivity contribution in [2.24, 2.45) is 0 Å². The molecule has 0 aliphatic carbocycles. The van der Waals surface area contributed by atoms with Crippen LogP contribution < -0.4 is 0 Å². The van der Waals surface area contributed by atoms with Crippen LogP contribution in [0, 0.1) is 0 Å². The molecule has 0 N–H and O–H groups in total. The van der Waals surface area contributed by atoms with Gasteiger partial charge in [0, 0.05) is 6.54 Å². The standard InChI is InChI=1S/C12H21NO7S/c1-12(2,3)19-11(15)13-7-6-8(20-21(5,16)17)9(13)10(14)18-4/h8-9H,6-7H2,1-5H3/t8-,9-/m0/s1. The molecule has 0 aromatic carbocycles. The zero-order valence-corrected chi connectivity index (χ0v) is 13.6. The first-order valence-electron chi connectivity index (χ1n) is 6.40. The molecule has 9 heteroatoms. The average molecular weight is 323 g/mol. The third kappa shape index (κ3) is 5.16. The monoisotopic (exact) mass is 323 g/mol. The first-order chi connectivity index (χ1) is 9.44. The van der Waals surface area contributed by atoms with E-state index in [1.165, 1.54) is 0 Å². The normalized spacial score (nSPS) is 23.0. The highest BCUT2D eigenvalue weighted by Crippen LogP contribution is 2.25. The second-order valence-electron chi connectivity index (χ2n) is 5.77. The highest BCUT2D eigenvalue weighted by atomic mass is 32.2. The molecule has 1 fully saturated rings. The van der Waals surface area contributed by atoms with Crippen molar-refractivity contribution in [3.63, 3.8) is 0 Å². The van der Waals surface area contributed by atoms with E-state index in [-0.39, 0.29) is 13.0 Å². The molecular formula is C12H21NO7S. The van der Waals surface area contributed by atoms with Gasteiger partial charge in [-0.15, -0.1) is 0 Å². The molecule has 122 valence electrons. The molecule has 1 aliphatic rings. The van der Waals surface area contributed by atoms with E-state index in [9.17, 15) is 18.0 Å². The first-order valence-corrected chi connectivity index (χ1v) is 8.22. The van der Waals surface area contributed by atoms with Gasteiger partial charge in [-0.05, 0) is 27.2 Å². The summed E-state index contributed by atoms with van der Waals surface area (Å²) in [5.41, 5.74) is -0.729. The van der Waals surface area contributed by atoms with Gasteiger partial charge < -0.3 is 9.47 Å². The highest BCUT2D eigenvalue weighted by Gasteiger charge is 2.46. The molecule has 21 heavy (non-hydrogen) atoms. The van der Waals surface area contributed by atoms with Gasteiger partial charge in [0.2, 0.25) is 0 Å². The van der Waals surface area contributed by atoms with Crippen molar-refractivity contribution in [1.29, 1.82) is 0 Å². The van der Waals surface area contributed by atoms with Gasteiger partial charge in [0.15, 0.2) is 6.04 Å². The van der Waals surface area contributed by atoms with Crippen LogP contribution in [-0.2, 0) is 28.6 Å². The van der Waals surface area contributed by atoms with Gasteiger partial charge in [-0.3, -0.25) is 9.08 Å². The Morgan fingerprint density at radius 2 is 1.81 bits per heavy atom. The molecule has 1 aliphatic heterocycles. The van der Waals surface area contributed by atoms with Crippen LogP contribution in [0.1, 0.15) is 27.2 Å². The van der Waals surface area contributed by atoms with Crippen molar-refractivity contribution in [1.82, 2.24) is 4.90 Å². The molecule has 0 aromatic heterocycles. The van der Waals surface area contributed by atoms with Gasteiger partial charge in [-0.1, -0.05) is 0 Å². The minimum Gasteiger partial charge on any atom is -0.467 e. The Labute approximate surface area is 124 Å². The maximum Gasteiger partial charge on any atom is 0.411 e. The van der Waals surface area contributed by atoms with Gasteiger partial charge in [-0.25, -0.2) is 9.59 Å². The van der Waals surface area contributed by atoms with E-state index in [0.29, 0.717) is 0 Å². The Kier molecular flexibility index (Phi) is 5.21. The Bertz CT molecular complexity index is 508. The van der Waals surface area contributed by atoms with Crippen molar-refractivity contribution < 1.29 is 31.7 Å². The van der Waals surface area contributed by atoms with E-state index in [4.69, 9.17) is 8.92 Å². The zero-order chi connectivity index (χ0) is 16.4. The number of rotatable bonds is 3. The topological polar surface area (TPSA) is 99.2 Å². The molecule has 8 nitrogen and oxygen atoms in total. The summed E-state index contributed by atoms with van der Waals surface area (Å²) in [7, 11) is -2.59. The van der Waals surface area contributed by atoms with Crippen LogP contribution in [0.2, 0.25) is 0 Å². The second-order valence-corrected chi connectivity index (χ2v) is 7.37. The average Bonchev–Trinajstić information content (AvgIpc) is 2.67. The van der Waals surface area contributed by atoms with Gasteiger partial charge >= 0.3 is 12.1 Å². The second kappa shape index (κ2) is 6.18. The van der Waals surface area contributed by atoms with E-state index in [2.05, 4.69) is 4.74 Å². The molecule has 1 heterocycles. The number of carbonyl (C=O) groups excluding carboxylic acids is 2. The summed E-state index contributed by atoms with van der Waals surface area (Å²) in [6.07, 6.45) is -0.596. The summed E-state index contributed by atoms with van der Waals surface area (Å²) >= 11 is 0. The summed E-state index contributed by atoms with van der Waals surface area (Å²) in [5, 5.41) is 0. The Balaban J connectivity index is 2.95. The van der Waals surface area contributed by atoms with E-state index in [0.717, 1.165) is 18.3 Å². The quantitative estimate of drug-likeness (QED) is 0.551. The van der Waals surface area contributed by atoms with E-state index in [1.807, 2.05) is 0 Å².